The van der Waals surface area contributed by atoms with E-state index in [9.17, 15) is 9.90 Å². The summed E-state index contributed by atoms with van der Waals surface area (Å²) in [4.78, 5) is 19.6. The van der Waals surface area contributed by atoms with Gasteiger partial charge in [0.05, 0.1) is 11.9 Å². The molecule has 18 heavy (non-hydrogen) atoms. The number of aromatic nitrogens is 2. The van der Waals surface area contributed by atoms with Crippen LogP contribution in [0.15, 0.2) is 6.20 Å². The molecular formula is C13H21N3O2. The zero-order chi connectivity index (χ0) is 13.7. The number of carboxylic acid groups (broad SMARTS) is 1. The number of hydrogen-bond donors (Lipinski definition) is 2. The Bertz CT molecular complexity index is 415. The SMILES string of the molecule is CCC(CC)Nc1cnc(C(C)C)nc1C(=O)O. The highest BCUT2D eigenvalue weighted by atomic mass is 16.4. The van der Waals surface area contributed by atoms with Crippen LogP contribution in [0.1, 0.15) is 62.8 Å². The zero-order valence-electron chi connectivity index (χ0n) is 11.4. The number of aromatic carboxylic acids is 1. The fraction of sp³-hybridized carbons (Fsp3) is 0.615. The van der Waals surface area contributed by atoms with E-state index in [1.165, 1.54) is 0 Å². The first-order valence-corrected chi connectivity index (χ1v) is 6.36. The Balaban J connectivity index is 3.07. The van der Waals surface area contributed by atoms with Crippen LogP contribution >= 0.6 is 0 Å². The second kappa shape index (κ2) is 6.33. The van der Waals surface area contributed by atoms with Gasteiger partial charge in [-0.3, -0.25) is 0 Å². The summed E-state index contributed by atoms with van der Waals surface area (Å²) in [5.74, 6) is -0.347. The minimum absolute atomic E-state index is 0.0561. The van der Waals surface area contributed by atoms with Gasteiger partial charge in [-0.25, -0.2) is 14.8 Å². The molecule has 5 nitrogen and oxygen atoms in total. The fourth-order valence-corrected chi connectivity index (χ4v) is 1.66. The second-order valence-electron chi connectivity index (χ2n) is 4.61. The van der Waals surface area contributed by atoms with Crippen molar-refractivity contribution in [1.29, 1.82) is 0 Å². The van der Waals surface area contributed by atoms with Crippen LogP contribution in [0.3, 0.4) is 0 Å². The van der Waals surface area contributed by atoms with Crippen LogP contribution in [0, 0.1) is 0 Å². The van der Waals surface area contributed by atoms with Crippen LogP contribution < -0.4 is 5.32 Å². The molecule has 0 unspecified atom stereocenters. The fourth-order valence-electron chi connectivity index (χ4n) is 1.66. The molecule has 1 aromatic heterocycles. The van der Waals surface area contributed by atoms with Gasteiger partial charge in [-0.2, -0.15) is 0 Å². The summed E-state index contributed by atoms with van der Waals surface area (Å²) < 4.78 is 0. The molecule has 0 aliphatic rings. The van der Waals surface area contributed by atoms with E-state index in [1.807, 2.05) is 13.8 Å². The van der Waals surface area contributed by atoms with Crippen molar-refractivity contribution in [3.05, 3.63) is 17.7 Å². The van der Waals surface area contributed by atoms with Gasteiger partial charge in [0, 0.05) is 12.0 Å². The lowest BCUT2D eigenvalue weighted by Gasteiger charge is -2.17. The summed E-state index contributed by atoms with van der Waals surface area (Å²) in [6, 6.07) is 0.247. The number of rotatable bonds is 6. The largest absolute Gasteiger partial charge is 0.476 e. The van der Waals surface area contributed by atoms with Crippen LogP contribution in [0.5, 0.6) is 0 Å². The number of carbonyl (C=O) groups is 1. The molecule has 1 rings (SSSR count). The number of anilines is 1. The molecule has 0 spiro atoms. The van der Waals surface area contributed by atoms with E-state index in [-0.39, 0.29) is 17.7 Å². The third-order valence-corrected chi connectivity index (χ3v) is 2.87. The molecule has 100 valence electrons. The molecule has 0 bridgehead atoms. The number of hydrogen-bond acceptors (Lipinski definition) is 4. The number of nitrogens with zero attached hydrogens (tertiary/aromatic N) is 2. The van der Waals surface area contributed by atoms with Crippen molar-refractivity contribution in [3.8, 4) is 0 Å². The van der Waals surface area contributed by atoms with Crippen LogP contribution in [0.25, 0.3) is 0 Å². The van der Waals surface area contributed by atoms with Gasteiger partial charge in [0.2, 0.25) is 0 Å². The van der Waals surface area contributed by atoms with Crippen molar-refractivity contribution in [3.63, 3.8) is 0 Å². The maximum atomic E-state index is 11.2. The monoisotopic (exact) mass is 251 g/mol. The van der Waals surface area contributed by atoms with Crippen LogP contribution in [-0.4, -0.2) is 27.1 Å². The lowest BCUT2D eigenvalue weighted by atomic mass is 10.1. The molecule has 1 aromatic rings. The predicted molar refractivity (Wildman–Crippen MR) is 71.1 cm³/mol. The van der Waals surface area contributed by atoms with Crippen LogP contribution in [0.2, 0.25) is 0 Å². The van der Waals surface area contributed by atoms with Crippen LogP contribution in [-0.2, 0) is 0 Å². The van der Waals surface area contributed by atoms with Gasteiger partial charge in [-0.1, -0.05) is 27.7 Å². The minimum Gasteiger partial charge on any atom is -0.476 e. The molecule has 0 amide bonds. The van der Waals surface area contributed by atoms with Gasteiger partial charge in [-0.15, -0.1) is 0 Å². The summed E-state index contributed by atoms with van der Waals surface area (Å²) in [7, 11) is 0. The second-order valence-corrected chi connectivity index (χ2v) is 4.61. The normalized spacial score (nSPS) is 11.0. The Morgan fingerprint density at radius 3 is 2.44 bits per heavy atom. The first kappa shape index (κ1) is 14.4. The quantitative estimate of drug-likeness (QED) is 0.813. The Morgan fingerprint density at radius 2 is 2.00 bits per heavy atom. The Morgan fingerprint density at radius 1 is 1.39 bits per heavy atom. The average molecular weight is 251 g/mol. The first-order valence-electron chi connectivity index (χ1n) is 6.36. The molecule has 0 radical (unpaired) electrons. The summed E-state index contributed by atoms with van der Waals surface area (Å²) in [6.07, 6.45) is 3.44. The Kier molecular flexibility index (Phi) is 5.07. The first-order chi connectivity index (χ1) is 8.49. The van der Waals surface area contributed by atoms with Crippen molar-refractivity contribution in [2.45, 2.75) is 52.5 Å². The van der Waals surface area contributed by atoms with Crippen molar-refractivity contribution in [2.75, 3.05) is 5.32 Å². The Labute approximate surface area is 108 Å². The molecule has 0 saturated carbocycles. The molecule has 2 N–H and O–H groups in total. The third kappa shape index (κ3) is 3.42. The van der Waals surface area contributed by atoms with Gasteiger partial charge >= 0.3 is 5.97 Å². The number of carboxylic acids is 1. The maximum absolute atomic E-state index is 11.2. The van der Waals surface area contributed by atoms with E-state index in [1.54, 1.807) is 6.20 Å². The minimum atomic E-state index is -1.02. The van der Waals surface area contributed by atoms with Crippen molar-refractivity contribution >= 4 is 11.7 Å². The zero-order valence-corrected chi connectivity index (χ0v) is 11.4. The lowest BCUT2D eigenvalue weighted by Crippen LogP contribution is -2.20. The molecule has 0 fully saturated rings. The van der Waals surface area contributed by atoms with E-state index in [4.69, 9.17) is 0 Å². The van der Waals surface area contributed by atoms with Gasteiger partial charge in [0.1, 0.15) is 5.82 Å². The molecular weight excluding hydrogens is 230 g/mol. The van der Waals surface area contributed by atoms with E-state index in [0.717, 1.165) is 12.8 Å². The highest BCUT2D eigenvalue weighted by Crippen LogP contribution is 2.18. The summed E-state index contributed by atoms with van der Waals surface area (Å²) >= 11 is 0. The lowest BCUT2D eigenvalue weighted by molar-refractivity contribution is 0.0691. The molecule has 0 aliphatic heterocycles. The summed E-state index contributed by atoms with van der Waals surface area (Å²) in [6.45, 7) is 8.00. The topological polar surface area (TPSA) is 75.1 Å². The number of nitrogens with one attached hydrogen (secondary N) is 1. The van der Waals surface area contributed by atoms with Crippen molar-refractivity contribution in [1.82, 2.24) is 9.97 Å². The maximum Gasteiger partial charge on any atom is 0.356 e. The molecule has 0 aliphatic carbocycles. The van der Waals surface area contributed by atoms with E-state index in [2.05, 4.69) is 29.1 Å². The van der Waals surface area contributed by atoms with E-state index in [0.29, 0.717) is 11.5 Å². The van der Waals surface area contributed by atoms with E-state index >= 15 is 0 Å². The van der Waals surface area contributed by atoms with Gasteiger partial charge in [-0.05, 0) is 12.8 Å². The van der Waals surface area contributed by atoms with Gasteiger partial charge < -0.3 is 10.4 Å². The third-order valence-electron chi connectivity index (χ3n) is 2.87. The smallest absolute Gasteiger partial charge is 0.356 e. The van der Waals surface area contributed by atoms with Crippen molar-refractivity contribution < 1.29 is 9.90 Å². The van der Waals surface area contributed by atoms with E-state index < -0.39 is 5.97 Å². The molecule has 1 heterocycles. The average Bonchev–Trinajstić information content (AvgIpc) is 2.35. The standard InChI is InChI=1S/C13H21N3O2/c1-5-9(6-2)15-10-7-14-12(8(3)4)16-11(10)13(17)18/h7-9,15H,5-6H2,1-4H3,(H,17,18). The van der Waals surface area contributed by atoms with Gasteiger partial charge in [0.15, 0.2) is 5.69 Å². The summed E-state index contributed by atoms with van der Waals surface area (Å²) in [5.41, 5.74) is 0.557. The predicted octanol–water partition coefficient (Wildman–Crippen LogP) is 2.90. The molecule has 5 heteroatoms. The highest BCUT2D eigenvalue weighted by molar-refractivity contribution is 5.91. The molecule has 0 saturated heterocycles. The Hall–Kier alpha value is -1.65. The van der Waals surface area contributed by atoms with Crippen molar-refractivity contribution in [2.24, 2.45) is 0 Å². The molecule has 0 atom stereocenters. The molecule has 0 aromatic carbocycles. The van der Waals surface area contributed by atoms with Gasteiger partial charge in [0.25, 0.3) is 0 Å². The summed E-state index contributed by atoms with van der Waals surface area (Å²) in [5, 5.41) is 12.4. The highest BCUT2D eigenvalue weighted by Gasteiger charge is 2.17. The van der Waals surface area contributed by atoms with Crippen LogP contribution in [0.4, 0.5) is 5.69 Å².